The first-order valence-corrected chi connectivity index (χ1v) is 15.4. The zero-order chi connectivity index (χ0) is 34.5. The highest BCUT2D eigenvalue weighted by atomic mass is 16.7. The summed E-state index contributed by atoms with van der Waals surface area (Å²) in [7, 11) is 1.31. The predicted octanol–water partition coefficient (Wildman–Crippen LogP) is 1.40. The number of nitrogens with one attached hydrogen (secondary N) is 1. The van der Waals surface area contributed by atoms with E-state index in [2.05, 4.69) is 5.32 Å². The number of carbonyl (C=O) groups excluding carboxylic acids is 4. The zero-order valence-corrected chi connectivity index (χ0v) is 26.1. The van der Waals surface area contributed by atoms with Crippen molar-refractivity contribution < 1.29 is 58.9 Å². The molecule has 0 bridgehead atoms. The third kappa shape index (κ3) is 5.63. The van der Waals surface area contributed by atoms with Crippen LogP contribution in [0.15, 0.2) is 48.5 Å². The third-order valence-corrected chi connectivity index (χ3v) is 9.31. The number of phenols is 2. The van der Waals surface area contributed by atoms with Gasteiger partial charge in [-0.2, -0.15) is 0 Å². The lowest BCUT2D eigenvalue weighted by molar-refractivity contribution is -0.249. The third-order valence-electron chi connectivity index (χ3n) is 9.31. The first-order valence-electron chi connectivity index (χ1n) is 15.4. The Morgan fingerprint density at radius 2 is 1.71 bits per heavy atom. The molecular formula is C35H35NO12. The number of rotatable bonds is 8. The molecule has 1 amide bonds. The molecule has 0 spiro atoms. The van der Waals surface area contributed by atoms with Gasteiger partial charge in [0.25, 0.3) is 0 Å². The molecule has 0 aromatic heterocycles. The molecule has 0 unspecified atom stereocenters. The number of hydrogen-bond acceptors (Lipinski definition) is 12. The van der Waals surface area contributed by atoms with Gasteiger partial charge in [-0.15, -0.1) is 0 Å². The van der Waals surface area contributed by atoms with Crippen LogP contribution in [0.1, 0.15) is 74.4 Å². The van der Waals surface area contributed by atoms with E-state index < -0.39 is 95.7 Å². The monoisotopic (exact) mass is 661 g/mol. The van der Waals surface area contributed by atoms with E-state index in [1.165, 1.54) is 25.3 Å². The number of hydrogen-bond donors (Lipinski definition) is 6. The molecule has 1 heterocycles. The van der Waals surface area contributed by atoms with E-state index in [0.29, 0.717) is 0 Å². The summed E-state index contributed by atoms with van der Waals surface area (Å²) in [6, 6.07) is 12.5. The van der Waals surface area contributed by atoms with Gasteiger partial charge in [0.15, 0.2) is 17.9 Å². The number of aliphatic hydroxyl groups excluding tert-OH is 2. The van der Waals surface area contributed by atoms with Crippen molar-refractivity contribution in [1.82, 2.24) is 5.32 Å². The molecule has 6 atom stereocenters. The number of aliphatic hydroxyl groups is 3. The number of Topliss-reactive ketones (excluding diaryl/α,β-unsaturated/α-hetero) is 1. The lowest BCUT2D eigenvalue weighted by atomic mass is 9.72. The van der Waals surface area contributed by atoms with E-state index in [9.17, 15) is 44.7 Å². The fourth-order valence-electron chi connectivity index (χ4n) is 6.90. The van der Waals surface area contributed by atoms with E-state index in [1.807, 2.05) is 6.07 Å². The fourth-order valence-corrected chi connectivity index (χ4v) is 6.90. The molecule has 1 saturated heterocycles. The average Bonchev–Trinajstić information content (AvgIpc) is 3.06. The van der Waals surface area contributed by atoms with Gasteiger partial charge < -0.3 is 45.1 Å². The summed E-state index contributed by atoms with van der Waals surface area (Å²) >= 11 is 0. The first kappa shape index (κ1) is 33.2. The molecule has 2 aliphatic carbocycles. The number of fused-ring (bicyclic) bond motifs is 3. The molecule has 13 nitrogen and oxygen atoms in total. The Labute approximate surface area is 274 Å². The largest absolute Gasteiger partial charge is 0.507 e. The summed E-state index contributed by atoms with van der Waals surface area (Å²) in [5, 5.41) is 58.0. The topological polar surface area (TPSA) is 209 Å². The molecule has 6 N–H and O–H groups in total. The van der Waals surface area contributed by atoms with Crippen molar-refractivity contribution in [1.29, 1.82) is 0 Å². The van der Waals surface area contributed by atoms with Gasteiger partial charge in [-0.3, -0.25) is 19.2 Å². The maximum absolute atomic E-state index is 13.9. The Bertz CT molecular complexity index is 1810. The van der Waals surface area contributed by atoms with Crippen LogP contribution in [0.25, 0.3) is 0 Å². The molecular weight excluding hydrogens is 626 g/mol. The first-order chi connectivity index (χ1) is 22.9. The molecule has 0 saturated carbocycles. The zero-order valence-electron chi connectivity index (χ0n) is 26.1. The summed E-state index contributed by atoms with van der Waals surface area (Å²) in [6.45, 7) is 0.505. The summed E-state index contributed by atoms with van der Waals surface area (Å²) in [4.78, 5) is 53.2. The van der Waals surface area contributed by atoms with Gasteiger partial charge in [-0.05, 0) is 18.6 Å². The van der Waals surface area contributed by atoms with Gasteiger partial charge in [-0.1, -0.05) is 42.5 Å². The highest BCUT2D eigenvalue weighted by Gasteiger charge is 2.50. The number of phenolic OH excluding ortho intramolecular Hbond substituents is 2. The average molecular weight is 662 g/mol. The van der Waals surface area contributed by atoms with Gasteiger partial charge in [0.2, 0.25) is 11.7 Å². The number of ketones is 3. The predicted molar refractivity (Wildman–Crippen MR) is 166 cm³/mol. The minimum absolute atomic E-state index is 0.0516. The number of ether oxygens (including phenoxy) is 3. The molecule has 1 aliphatic heterocycles. The van der Waals surface area contributed by atoms with Crippen molar-refractivity contribution >= 4 is 23.3 Å². The molecule has 48 heavy (non-hydrogen) atoms. The van der Waals surface area contributed by atoms with Gasteiger partial charge in [0.05, 0.1) is 48.5 Å². The quantitative estimate of drug-likeness (QED) is 0.148. The Balaban J connectivity index is 1.38. The number of methoxy groups -OCH3 is 1. The Morgan fingerprint density at radius 3 is 2.40 bits per heavy atom. The van der Waals surface area contributed by atoms with Crippen LogP contribution >= 0.6 is 0 Å². The molecule has 3 aromatic carbocycles. The van der Waals surface area contributed by atoms with Crippen LogP contribution < -0.4 is 10.1 Å². The van der Waals surface area contributed by atoms with Gasteiger partial charge in [-0.25, -0.2) is 0 Å². The molecule has 6 rings (SSSR count). The second-order valence-electron chi connectivity index (χ2n) is 12.3. The molecule has 3 aliphatic rings. The minimum atomic E-state index is -2.31. The van der Waals surface area contributed by atoms with E-state index in [1.54, 1.807) is 31.2 Å². The van der Waals surface area contributed by atoms with Crippen LogP contribution in [-0.2, 0) is 31.9 Å². The molecule has 1 fully saturated rings. The van der Waals surface area contributed by atoms with E-state index in [4.69, 9.17) is 14.2 Å². The van der Waals surface area contributed by atoms with Crippen molar-refractivity contribution in [2.75, 3.05) is 13.7 Å². The van der Waals surface area contributed by atoms with Crippen LogP contribution in [-0.4, -0.2) is 92.6 Å². The van der Waals surface area contributed by atoms with Gasteiger partial charge >= 0.3 is 0 Å². The van der Waals surface area contributed by atoms with Crippen molar-refractivity contribution in [3.63, 3.8) is 0 Å². The molecule has 3 aromatic rings. The standard InChI is InChI=1S/C35H35NO12/c1-16-30(40)20(36-24(39)11-17-7-4-3-5-8-17)12-25(47-16)48-22-14-35(45,23(38)15-37)13-19-27(22)34(44)29-28(32(19)42)31(41)18-9-6-10-21(46-2)26(18)33(29)43/h3-10,16,20,22,25,30,37,40,42,44-45H,11-15H2,1-2H3,(H,36,39)/t16-,20-,22-,25-,30+,35-/m0/s1. The Hall–Kier alpha value is -4.66. The van der Waals surface area contributed by atoms with Crippen LogP contribution in [0.4, 0.5) is 0 Å². The van der Waals surface area contributed by atoms with Crippen molar-refractivity contribution in [3.05, 3.63) is 87.5 Å². The molecule has 0 radical (unpaired) electrons. The second kappa shape index (κ2) is 12.7. The highest BCUT2D eigenvalue weighted by Crippen LogP contribution is 2.52. The highest BCUT2D eigenvalue weighted by molar-refractivity contribution is 6.31. The Kier molecular flexibility index (Phi) is 8.83. The van der Waals surface area contributed by atoms with Crippen LogP contribution in [0.5, 0.6) is 17.2 Å². The van der Waals surface area contributed by atoms with Crippen LogP contribution in [0.2, 0.25) is 0 Å². The molecule has 13 heteroatoms. The maximum atomic E-state index is 13.9. The Morgan fingerprint density at radius 1 is 1.00 bits per heavy atom. The normalized spacial score (nSPS) is 26.2. The fraction of sp³-hybridized carbons (Fsp3) is 0.371. The summed E-state index contributed by atoms with van der Waals surface area (Å²) < 4.78 is 17.4. The summed E-state index contributed by atoms with van der Waals surface area (Å²) in [6.07, 6.45) is -5.79. The molecule has 252 valence electrons. The van der Waals surface area contributed by atoms with Crippen LogP contribution in [0.3, 0.4) is 0 Å². The smallest absolute Gasteiger partial charge is 0.224 e. The lowest BCUT2D eigenvalue weighted by Gasteiger charge is -2.43. The van der Waals surface area contributed by atoms with Crippen molar-refractivity contribution in [2.24, 2.45) is 0 Å². The number of aromatic hydroxyl groups is 2. The lowest BCUT2D eigenvalue weighted by Crippen LogP contribution is -2.56. The van der Waals surface area contributed by atoms with Gasteiger partial charge in [0.1, 0.15) is 35.6 Å². The van der Waals surface area contributed by atoms with Crippen molar-refractivity contribution in [3.8, 4) is 17.2 Å². The van der Waals surface area contributed by atoms with E-state index in [-0.39, 0.29) is 46.8 Å². The SMILES string of the molecule is COc1cccc2c1C(=O)c1c(O)c3c(c(O)c1C2=O)C[C@@](O)(C(=O)CO)C[C@@H]3O[C@H]1C[C@H](NC(=O)Cc2ccccc2)[C@H](O)[C@H](C)O1. The number of benzene rings is 3. The minimum Gasteiger partial charge on any atom is -0.507 e. The number of amides is 1. The summed E-state index contributed by atoms with van der Waals surface area (Å²) in [5.74, 6) is -4.32. The number of carbonyl (C=O) groups is 4. The van der Waals surface area contributed by atoms with Gasteiger partial charge in [0, 0.05) is 36.0 Å². The second-order valence-corrected chi connectivity index (χ2v) is 12.3. The van der Waals surface area contributed by atoms with Crippen molar-refractivity contribution in [2.45, 2.75) is 68.9 Å². The van der Waals surface area contributed by atoms with Crippen LogP contribution in [0, 0.1) is 0 Å². The van der Waals surface area contributed by atoms with E-state index in [0.717, 1.165) is 5.56 Å². The summed E-state index contributed by atoms with van der Waals surface area (Å²) in [5.41, 5.74) is -3.13. The maximum Gasteiger partial charge on any atom is 0.224 e. The van der Waals surface area contributed by atoms with E-state index >= 15 is 0 Å².